The molecule has 6 rings (SSSR count). The Hall–Kier alpha value is -4.85. The normalized spacial score (nSPS) is 25.2. The van der Waals surface area contributed by atoms with E-state index in [4.69, 9.17) is 4.74 Å². The average molecular weight is 528 g/mol. The summed E-state index contributed by atoms with van der Waals surface area (Å²) in [5.41, 5.74) is 0.817. The van der Waals surface area contributed by atoms with Gasteiger partial charge in [0.2, 0.25) is 5.54 Å². The van der Waals surface area contributed by atoms with Crippen LogP contribution >= 0.6 is 0 Å². The highest BCUT2D eigenvalue weighted by Crippen LogP contribution is 2.38. The van der Waals surface area contributed by atoms with E-state index in [1.807, 2.05) is 12.1 Å². The van der Waals surface area contributed by atoms with Gasteiger partial charge in [0.05, 0.1) is 13.7 Å². The van der Waals surface area contributed by atoms with Crippen molar-refractivity contribution in [2.75, 3.05) is 20.2 Å². The quantitative estimate of drug-likeness (QED) is 0.341. The summed E-state index contributed by atoms with van der Waals surface area (Å²) in [6, 6.07) is 9.35. The molecule has 11 nitrogen and oxygen atoms in total. The van der Waals surface area contributed by atoms with Crippen LogP contribution in [0.25, 0.3) is 0 Å². The third-order valence-corrected chi connectivity index (χ3v) is 7.78. The standard InChI is InChI=1S/C28H25N5O6/c1-39-19-5-6-20-17(14-19)9-12-33(22(20)34)15-27(23(35)29-25(37)31-27)11-8-16-4-7-21-18(13-16)3-2-10-28(21)24(36)30-26(38)32-28/h4-7,13-14H,2-3,9-10,12,15H2,1H3,(H2,29,31,35,37)(H2,30,32,36,38)/t27-,28?/m1/s1. The lowest BCUT2D eigenvalue weighted by Crippen LogP contribution is -2.56. The monoisotopic (exact) mass is 527 g/mol. The maximum absolute atomic E-state index is 13.3. The largest absolute Gasteiger partial charge is 0.497 e. The van der Waals surface area contributed by atoms with Crippen molar-refractivity contribution in [2.24, 2.45) is 0 Å². The fourth-order valence-electron chi connectivity index (χ4n) is 5.82. The number of nitrogens with zero attached hydrogens (tertiary/aromatic N) is 1. The molecule has 7 amide bonds. The summed E-state index contributed by atoms with van der Waals surface area (Å²) in [6.07, 6.45) is 2.46. The third kappa shape index (κ3) is 3.96. The van der Waals surface area contributed by atoms with E-state index in [0.29, 0.717) is 49.1 Å². The summed E-state index contributed by atoms with van der Waals surface area (Å²) in [5.74, 6) is 5.32. The summed E-state index contributed by atoms with van der Waals surface area (Å²) in [6.45, 7) is 0.225. The maximum atomic E-state index is 13.3. The van der Waals surface area contributed by atoms with Crippen molar-refractivity contribution in [3.63, 3.8) is 0 Å². The van der Waals surface area contributed by atoms with Gasteiger partial charge in [-0.25, -0.2) is 9.59 Å². The number of imide groups is 2. The number of rotatable bonds is 3. The van der Waals surface area contributed by atoms with Gasteiger partial charge in [-0.1, -0.05) is 17.9 Å². The smallest absolute Gasteiger partial charge is 0.323 e. The summed E-state index contributed by atoms with van der Waals surface area (Å²) >= 11 is 0. The predicted octanol–water partition coefficient (Wildman–Crippen LogP) is 0.694. The van der Waals surface area contributed by atoms with Gasteiger partial charge in [0, 0.05) is 17.7 Å². The van der Waals surface area contributed by atoms with E-state index >= 15 is 0 Å². The van der Waals surface area contributed by atoms with E-state index in [2.05, 4.69) is 33.1 Å². The van der Waals surface area contributed by atoms with Crippen LogP contribution in [0.5, 0.6) is 5.75 Å². The Morgan fingerprint density at radius 1 is 0.923 bits per heavy atom. The third-order valence-electron chi connectivity index (χ3n) is 7.78. The molecule has 0 bridgehead atoms. The van der Waals surface area contributed by atoms with Crippen LogP contribution in [0, 0.1) is 11.8 Å². The Labute approximate surface area is 223 Å². The summed E-state index contributed by atoms with van der Waals surface area (Å²) < 4.78 is 5.26. The number of carbonyl (C=O) groups excluding carboxylic acids is 5. The summed E-state index contributed by atoms with van der Waals surface area (Å²) in [5, 5.41) is 9.96. The Kier molecular flexibility index (Phi) is 5.57. The van der Waals surface area contributed by atoms with Gasteiger partial charge < -0.3 is 20.3 Å². The van der Waals surface area contributed by atoms with Crippen LogP contribution in [0.4, 0.5) is 9.59 Å². The number of urea groups is 2. The van der Waals surface area contributed by atoms with Crippen molar-refractivity contribution in [1.82, 2.24) is 26.2 Å². The molecule has 0 radical (unpaired) electrons. The van der Waals surface area contributed by atoms with Crippen LogP contribution in [0.3, 0.4) is 0 Å². The number of hydrogen-bond donors (Lipinski definition) is 4. The number of aryl methyl sites for hydroxylation is 1. The van der Waals surface area contributed by atoms with Crippen LogP contribution in [-0.2, 0) is 28.0 Å². The Morgan fingerprint density at radius 3 is 2.44 bits per heavy atom. The minimum Gasteiger partial charge on any atom is -0.497 e. The van der Waals surface area contributed by atoms with Crippen LogP contribution < -0.4 is 26.0 Å². The second-order valence-corrected chi connectivity index (χ2v) is 10.1. The first-order valence-corrected chi connectivity index (χ1v) is 12.6. The molecule has 198 valence electrons. The Bertz CT molecular complexity index is 1540. The molecule has 1 unspecified atom stereocenters. The summed E-state index contributed by atoms with van der Waals surface area (Å²) in [4.78, 5) is 64.4. The van der Waals surface area contributed by atoms with Crippen molar-refractivity contribution in [2.45, 2.75) is 36.8 Å². The molecule has 0 aromatic heterocycles. The van der Waals surface area contributed by atoms with Crippen molar-refractivity contribution in [1.29, 1.82) is 0 Å². The first kappa shape index (κ1) is 24.5. The zero-order chi connectivity index (χ0) is 27.4. The van der Waals surface area contributed by atoms with Crippen LogP contribution in [0.15, 0.2) is 36.4 Å². The second kappa shape index (κ2) is 8.87. The number of amides is 7. The second-order valence-electron chi connectivity index (χ2n) is 10.1. The molecule has 1 spiro atoms. The lowest BCUT2D eigenvalue weighted by Gasteiger charge is -2.33. The van der Waals surface area contributed by atoms with Gasteiger partial charge in [0.25, 0.3) is 17.7 Å². The number of benzene rings is 2. The molecule has 2 saturated heterocycles. The number of hydrogen-bond acceptors (Lipinski definition) is 6. The first-order valence-electron chi connectivity index (χ1n) is 12.6. The highest BCUT2D eigenvalue weighted by Gasteiger charge is 2.50. The lowest BCUT2D eigenvalue weighted by atomic mass is 9.76. The van der Waals surface area contributed by atoms with Crippen molar-refractivity contribution < 1.29 is 28.7 Å². The number of fused-ring (bicyclic) bond motifs is 3. The highest BCUT2D eigenvalue weighted by molar-refractivity contribution is 6.10. The van der Waals surface area contributed by atoms with Gasteiger partial charge in [-0.15, -0.1) is 0 Å². The maximum Gasteiger partial charge on any atom is 0.323 e. The Morgan fingerprint density at radius 2 is 1.72 bits per heavy atom. The van der Waals surface area contributed by atoms with E-state index < -0.39 is 29.0 Å². The molecular weight excluding hydrogens is 502 g/mol. The zero-order valence-electron chi connectivity index (χ0n) is 21.1. The minimum absolute atomic E-state index is 0.123. The lowest BCUT2D eigenvalue weighted by molar-refractivity contribution is -0.125. The topological polar surface area (TPSA) is 146 Å². The van der Waals surface area contributed by atoms with Gasteiger partial charge >= 0.3 is 12.1 Å². The molecule has 3 heterocycles. The number of carbonyl (C=O) groups is 5. The van der Waals surface area contributed by atoms with Gasteiger partial charge in [0.15, 0.2) is 0 Å². The molecule has 2 aromatic rings. The molecule has 11 heteroatoms. The molecule has 3 aliphatic heterocycles. The average Bonchev–Trinajstić information content (AvgIpc) is 3.37. The highest BCUT2D eigenvalue weighted by atomic mass is 16.5. The molecule has 4 N–H and O–H groups in total. The summed E-state index contributed by atoms with van der Waals surface area (Å²) in [7, 11) is 1.56. The van der Waals surface area contributed by atoms with Gasteiger partial charge in [-0.05, 0) is 72.7 Å². The molecule has 39 heavy (non-hydrogen) atoms. The molecule has 2 fully saturated rings. The van der Waals surface area contributed by atoms with Crippen molar-refractivity contribution >= 4 is 29.8 Å². The molecule has 2 atom stereocenters. The van der Waals surface area contributed by atoms with E-state index in [9.17, 15) is 24.0 Å². The SMILES string of the molecule is COc1ccc2c(c1)CCN(C[C@@]1(C#Cc3ccc4c(c3)CCCC43NC(=O)NC3=O)NC(=O)NC1=O)C2=O. The van der Waals surface area contributed by atoms with Crippen molar-refractivity contribution in [3.05, 3.63) is 64.2 Å². The molecule has 1 aliphatic carbocycles. The molecule has 2 aromatic carbocycles. The zero-order valence-corrected chi connectivity index (χ0v) is 21.1. The first-order chi connectivity index (χ1) is 18.7. The van der Waals surface area contributed by atoms with Gasteiger partial charge in [-0.3, -0.25) is 25.0 Å². The fraction of sp³-hybridized carbons (Fsp3) is 0.321. The molecular formula is C28H25N5O6. The number of nitrogens with one attached hydrogen (secondary N) is 4. The van der Waals surface area contributed by atoms with Gasteiger partial charge in [-0.2, -0.15) is 0 Å². The van der Waals surface area contributed by atoms with Crippen LogP contribution in [0.2, 0.25) is 0 Å². The fourth-order valence-corrected chi connectivity index (χ4v) is 5.82. The number of methoxy groups -OCH3 is 1. The molecule has 0 saturated carbocycles. The van der Waals surface area contributed by atoms with Gasteiger partial charge in [0.1, 0.15) is 11.3 Å². The van der Waals surface area contributed by atoms with E-state index in [1.165, 1.54) is 4.90 Å². The van der Waals surface area contributed by atoms with Crippen molar-refractivity contribution in [3.8, 4) is 17.6 Å². The molecule has 4 aliphatic rings. The van der Waals surface area contributed by atoms with Crippen LogP contribution in [-0.4, -0.2) is 60.4 Å². The Balaban J connectivity index is 1.30. The van der Waals surface area contributed by atoms with E-state index in [1.54, 1.807) is 31.4 Å². The minimum atomic E-state index is -1.63. The number of ether oxygens (including phenoxy) is 1. The van der Waals surface area contributed by atoms with E-state index in [0.717, 1.165) is 16.7 Å². The van der Waals surface area contributed by atoms with E-state index in [-0.39, 0.29) is 18.4 Å². The predicted molar refractivity (Wildman–Crippen MR) is 137 cm³/mol. The van der Waals surface area contributed by atoms with Crippen LogP contribution in [0.1, 0.15) is 45.5 Å².